The summed E-state index contributed by atoms with van der Waals surface area (Å²) in [6, 6.07) is 7.08. The van der Waals surface area contributed by atoms with Crippen LogP contribution in [-0.4, -0.2) is 35.5 Å². The third-order valence-corrected chi connectivity index (χ3v) is 4.47. The molecule has 2 N–H and O–H groups in total. The number of rotatable bonds is 7. The van der Waals surface area contributed by atoms with Gasteiger partial charge in [0.15, 0.2) is 5.96 Å². The average molecular weight is 336 g/mol. The normalized spacial score (nSPS) is 15.6. The standard InChI is InChI=1S/C16H24N4O2S/c1-23-11-10-17-16(19-14-4-2-3-5-14)18-12-13-6-8-15(9-7-13)20(21)22/h6-9,14H,2-5,10-12H2,1H3,(H2,17,18,19). The molecule has 2 rings (SSSR count). The molecule has 23 heavy (non-hydrogen) atoms. The zero-order chi connectivity index (χ0) is 16.5. The Morgan fingerprint density at radius 3 is 2.65 bits per heavy atom. The molecule has 0 unspecified atom stereocenters. The number of nitrogens with one attached hydrogen (secondary N) is 2. The van der Waals surface area contributed by atoms with Crippen LogP contribution < -0.4 is 10.6 Å². The average Bonchev–Trinajstić information content (AvgIpc) is 3.06. The quantitative estimate of drug-likeness (QED) is 0.263. The van der Waals surface area contributed by atoms with E-state index in [-0.39, 0.29) is 10.6 Å². The molecule has 1 aromatic carbocycles. The lowest BCUT2D eigenvalue weighted by atomic mass is 10.2. The highest BCUT2D eigenvalue weighted by Gasteiger charge is 2.15. The van der Waals surface area contributed by atoms with E-state index in [1.807, 2.05) is 0 Å². The Labute approximate surface area is 141 Å². The molecular formula is C16H24N4O2S. The van der Waals surface area contributed by atoms with E-state index in [1.54, 1.807) is 23.9 Å². The molecule has 0 heterocycles. The fourth-order valence-corrected chi connectivity index (χ4v) is 2.89. The Bertz CT molecular complexity index is 527. The number of thioether (sulfide) groups is 1. The van der Waals surface area contributed by atoms with Gasteiger partial charge in [0.05, 0.1) is 11.5 Å². The second-order valence-corrected chi connectivity index (χ2v) is 6.62. The topological polar surface area (TPSA) is 79.6 Å². The van der Waals surface area contributed by atoms with Crippen molar-refractivity contribution in [1.29, 1.82) is 0 Å². The molecule has 0 spiro atoms. The zero-order valence-electron chi connectivity index (χ0n) is 13.5. The van der Waals surface area contributed by atoms with Crippen LogP contribution in [0.1, 0.15) is 31.2 Å². The van der Waals surface area contributed by atoms with Crippen molar-refractivity contribution in [3.63, 3.8) is 0 Å². The highest BCUT2D eigenvalue weighted by Crippen LogP contribution is 2.17. The van der Waals surface area contributed by atoms with Crippen LogP contribution in [-0.2, 0) is 6.54 Å². The van der Waals surface area contributed by atoms with Gasteiger partial charge in [-0.2, -0.15) is 11.8 Å². The predicted molar refractivity (Wildman–Crippen MR) is 96.0 cm³/mol. The van der Waals surface area contributed by atoms with Gasteiger partial charge >= 0.3 is 0 Å². The van der Waals surface area contributed by atoms with Gasteiger partial charge in [-0.15, -0.1) is 0 Å². The molecule has 1 aliphatic carbocycles. The SMILES string of the molecule is CSCCNC(=NCc1ccc([N+](=O)[O-])cc1)NC1CCCC1. The van der Waals surface area contributed by atoms with Gasteiger partial charge in [0.1, 0.15) is 0 Å². The summed E-state index contributed by atoms with van der Waals surface area (Å²) in [6.07, 6.45) is 7.03. The van der Waals surface area contributed by atoms with Crippen molar-refractivity contribution in [2.75, 3.05) is 18.6 Å². The van der Waals surface area contributed by atoms with Gasteiger partial charge in [-0.25, -0.2) is 4.99 Å². The fraction of sp³-hybridized carbons (Fsp3) is 0.562. The summed E-state index contributed by atoms with van der Waals surface area (Å²) in [4.78, 5) is 14.9. The van der Waals surface area contributed by atoms with Gasteiger partial charge in [0.25, 0.3) is 5.69 Å². The Balaban J connectivity index is 1.94. The zero-order valence-corrected chi connectivity index (χ0v) is 14.3. The molecule has 0 bridgehead atoms. The summed E-state index contributed by atoms with van der Waals surface area (Å²) < 4.78 is 0. The number of non-ortho nitro benzene ring substituents is 1. The number of hydrogen-bond acceptors (Lipinski definition) is 4. The van der Waals surface area contributed by atoms with Gasteiger partial charge < -0.3 is 10.6 Å². The van der Waals surface area contributed by atoms with E-state index >= 15 is 0 Å². The van der Waals surface area contributed by atoms with Crippen molar-refractivity contribution in [2.24, 2.45) is 4.99 Å². The third-order valence-electron chi connectivity index (χ3n) is 3.86. The number of nitrogens with zero attached hydrogens (tertiary/aromatic N) is 2. The van der Waals surface area contributed by atoms with Crippen LogP contribution in [0, 0.1) is 10.1 Å². The number of benzene rings is 1. The van der Waals surface area contributed by atoms with Gasteiger partial charge in [-0.1, -0.05) is 25.0 Å². The van der Waals surface area contributed by atoms with E-state index in [1.165, 1.54) is 37.8 Å². The minimum atomic E-state index is -0.385. The maximum absolute atomic E-state index is 10.7. The fourth-order valence-electron chi connectivity index (χ4n) is 2.58. The maximum atomic E-state index is 10.7. The van der Waals surface area contributed by atoms with Gasteiger partial charge in [0.2, 0.25) is 0 Å². The summed E-state index contributed by atoms with van der Waals surface area (Å²) in [7, 11) is 0. The number of nitro benzene ring substituents is 1. The third kappa shape index (κ3) is 6.09. The molecule has 0 amide bonds. The smallest absolute Gasteiger partial charge is 0.269 e. The molecule has 1 aliphatic rings. The number of guanidine groups is 1. The van der Waals surface area contributed by atoms with E-state index in [0.717, 1.165) is 23.8 Å². The first-order chi connectivity index (χ1) is 11.2. The van der Waals surface area contributed by atoms with Crippen LogP contribution in [0.3, 0.4) is 0 Å². The van der Waals surface area contributed by atoms with Crippen molar-refractivity contribution in [3.05, 3.63) is 39.9 Å². The highest BCUT2D eigenvalue weighted by atomic mass is 32.2. The minimum Gasteiger partial charge on any atom is -0.356 e. The van der Waals surface area contributed by atoms with Crippen LogP contribution in [0.25, 0.3) is 0 Å². The van der Waals surface area contributed by atoms with Crippen LogP contribution >= 0.6 is 11.8 Å². The summed E-state index contributed by atoms with van der Waals surface area (Å²) in [5.74, 6) is 1.87. The molecule has 6 nitrogen and oxygen atoms in total. The molecule has 0 atom stereocenters. The summed E-state index contributed by atoms with van der Waals surface area (Å²) >= 11 is 1.80. The van der Waals surface area contributed by atoms with Crippen molar-refractivity contribution in [3.8, 4) is 0 Å². The lowest BCUT2D eigenvalue weighted by molar-refractivity contribution is -0.384. The monoisotopic (exact) mass is 336 g/mol. The Morgan fingerprint density at radius 2 is 2.04 bits per heavy atom. The largest absolute Gasteiger partial charge is 0.356 e. The van der Waals surface area contributed by atoms with Crippen LogP contribution in [0.15, 0.2) is 29.3 Å². The molecule has 1 fully saturated rings. The maximum Gasteiger partial charge on any atom is 0.269 e. The number of aliphatic imine (C=N–C) groups is 1. The van der Waals surface area contributed by atoms with Gasteiger partial charge in [0, 0.05) is 30.5 Å². The summed E-state index contributed by atoms with van der Waals surface area (Å²) in [5, 5.41) is 17.5. The Hall–Kier alpha value is -1.76. The first-order valence-electron chi connectivity index (χ1n) is 7.96. The van der Waals surface area contributed by atoms with Crippen LogP contribution in [0.2, 0.25) is 0 Å². The first-order valence-corrected chi connectivity index (χ1v) is 9.35. The van der Waals surface area contributed by atoms with Crippen LogP contribution in [0.4, 0.5) is 5.69 Å². The van der Waals surface area contributed by atoms with E-state index in [0.29, 0.717) is 12.6 Å². The van der Waals surface area contributed by atoms with Crippen molar-refractivity contribution >= 4 is 23.4 Å². The van der Waals surface area contributed by atoms with Crippen molar-refractivity contribution in [2.45, 2.75) is 38.3 Å². The van der Waals surface area contributed by atoms with Crippen molar-refractivity contribution < 1.29 is 4.92 Å². The van der Waals surface area contributed by atoms with E-state index in [9.17, 15) is 10.1 Å². The predicted octanol–water partition coefficient (Wildman–Crippen LogP) is 2.94. The molecule has 0 aliphatic heterocycles. The lowest BCUT2D eigenvalue weighted by Gasteiger charge is -2.17. The lowest BCUT2D eigenvalue weighted by Crippen LogP contribution is -2.43. The molecule has 0 aromatic heterocycles. The summed E-state index contributed by atoms with van der Waals surface area (Å²) in [6.45, 7) is 1.39. The molecule has 7 heteroatoms. The first kappa shape index (κ1) is 17.6. The molecule has 1 aromatic rings. The highest BCUT2D eigenvalue weighted by molar-refractivity contribution is 7.98. The molecule has 126 valence electrons. The molecule has 0 radical (unpaired) electrons. The number of hydrogen-bond donors (Lipinski definition) is 2. The minimum absolute atomic E-state index is 0.111. The van der Waals surface area contributed by atoms with Gasteiger partial charge in [-0.3, -0.25) is 10.1 Å². The van der Waals surface area contributed by atoms with Crippen molar-refractivity contribution in [1.82, 2.24) is 10.6 Å². The summed E-state index contributed by atoms with van der Waals surface area (Å²) in [5.41, 5.74) is 1.08. The van der Waals surface area contributed by atoms with E-state index in [4.69, 9.17) is 0 Å². The van der Waals surface area contributed by atoms with E-state index < -0.39 is 0 Å². The van der Waals surface area contributed by atoms with E-state index in [2.05, 4.69) is 21.9 Å². The molecule has 1 saturated carbocycles. The molecular weight excluding hydrogens is 312 g/mol. The molecule has 0 saturated heterocycles. The Kier molecular flexibility index (Phi) is 7.19. The second kappa shape index (κ2) is 9.39. The van der Waals surface area contributed by atoms with Gasteiger partial charge in [-0.05, 0) is 24.7 Å². The second-order valence-electron chi connectivity index (χ2n) is 5.63. The number of nitro groups is 1. The Morgan fingerprint density at radius 1 is 1.35 bits per heavy atom. The van der Waals surface area contributed by atoms with Crippen LogP contribution in [0.5, 0.6) is 0 Å².